The Hall–Kier alpha value is -1.48. The van der Waals surface area contributed by atoms with E-state index in [9.17, 15) is 0 Å². The van der Waals surface area contributed by atoms with Gasteiger partial charge in [-0.3, -0.25) is 0 Å². The summed E-state index contributed by atoms with van der Waals surface area (Å²) >= 11 is 0. The molecule has 2 rings (SSSR count). The standard InChI is InChI=1S/C13H18N2O/c1-2-10(9-16)7-14-13-8-15-12-6-4-3-5-11(12)13/h3-6,8,10,14-16H,2,7,9H2,1H3. The third-order valence-electron chi connectivity index (χ3n) is 3.01. The van der Waals surface area contributed by atoms with Gasteiger partial charge in [0, 0.05) is 30.3 Å². The number of hydrogen-bond donors (Lipinski definition) is 3. The van der Waals surface area contributed by atoms with Gasteiger partial charge in [-0.2, -0.15) is 0 Å². The Bertz CT molecular complexity index is 446. The van der Waals surface area contributed by atoms with E-state index in [0.717, 1.165) is 24.2 Å². The number of aliphatic hydroxyl groups excluding tert-OH is 1. The highest BCUT2D eigenvalue weighted by atomic mass is 16.3. The van der Waals surface area contributed by atoms with E-state index in [2.05, 4.69) is 29.4 Å². The highest BCUT2D eigenvalue weighted by Crippen LogP contribution is 2.22. The van der Waals surface area contributed by atoms with Crippen LogP contribution >= 0.6 is 0 Å². The van der Waals surface area contributed by atoms with Gasteiger partial charge in [-0.15, -0.1) is 0 Å². The lowest BCUT2D eigenvalue weighted by Crippen LogP contribution is -2.16. The van der Waals surface area contributed by atoms with Crippen molar-refractivity contribution < 1.29 is 5.11 Å². The predicted molar refractivity (Wildman–Crippen MR) is 67.7 cm³/mol. The van der Waals surface area contributed by atoms with E-state index < -0.39 is 0 Å². The van der Waals surface area contributed by atoms with Gasteiger partial charge in [-0.05, 0) is 18.4 Å². The van der Waals surface area contributed by atoms with E-state index in [1.165, 1.54) is 5.39 Å². The Balaban J connectivity index is 2.09. The van der Waals surface area contributed by atoms with E-state index in [1.807, 2.05) is 18.3 Å². The predicted octanol–water partition coefficient (Wildman–Crippen LogP) is 2.60. The van der Waals surface area contributed by atoms with E-state index >= 15 is 0 Å². The van der Waals surface area contributed by atoms with Crippen molar-refractivity contribution in [3.63, 3.8) is 0 Å². The zero-order valence-corrected chi connectivity index (χ0v) is 9.53. The summed E-state index contributed by atoms with van der Waals surface area (Å²) in [6, 6.07) is 8.20. The minimum atomic E-state index is 0.242. The summed E-state index contributed by atoms with van der Waals surface area (Å²) in [5.41, 5.74) is 2.25. The zero-order chi connectivity index (χ0) is 11.4. The minimum absolute atomic E-state index is 0.242. The molecule has 86 valence electrons. The fourth-order valence-electron chi connectivity index (χ4n) is 1.81. The Morgan fingerprint density at radius 3 is 2.94 bits per heavy atom. The van der Waals surface area contributed by atoms with Crippen molar-refractivity contribution in [2.75, 3.05) is 18.5 Å². The number of fused-ring (bicyclic) bond motifs is 1. The summed E-state index contributed by atoms with van der Waals surface area (Å²) in [5.74, 6) is 0.327. The van der Waals surface area contributed by atoms with E-state index in [4.69, 9.17) is 5.11 Å². The Morgan fingerprint density at radius 2 is 2.19 bits per heavy atom. The molecule has 0 saturated heterocycles. The van der Waals surface area contributed by atoms with Crippen molar-refractivity contribution in [1.82, 2.24) is 4.98 Å². The summed E-state index contributed by atoms with van der Waals surface area (Å²) in [6.45, 7) is 3.15. The number of benzene rings is 1. The number of rotatable bonds is 5. The lowest BCUT2D eigenvalue weighted by atomic mass is 10.1. The molecule has 1 aromatic heterocycles. The second-order valence-corrected chi connectivity index (χ2v) is 4.09. The number of para-hydroxylation sites is 1. The summed E-state index contributed by atoms with van der Waals surface area (Å²) in [7, 11) is 0. The molecule has 3 nitrogen and oxygen atoms in total. The van der Waals surface area contributed by atoms with Gasteiger partial charge in [0.15, 0.2) is 0 Å². The Morgan fingerprint density at radius 1 is 1.38 bits per heavy atom. The van der Waals surface area contributed by atoms with Crippen LogP contribution in [0.5, 0.6) is 0 Å². The van der Waals surface area contributed by atoms with Gasteiger partial charge in [0.05, 0.1) is 5.69 Å². The smallest absolute Gasteiger partial charge is 0.0598 e. The molecule has 0 radical (unpaired) electrons. The molecule has 0 spiro atoms. The van der Waals surface area contributed by atoms with Crippen LogP contribution in [0.2, 0.25) is 0 Å². The summed E-state index contributed by atoms with van der Waals surface area (Å²) in [4.78, 5) is 3.22. The van der Waals surface area contributed by atoms with E-state index in [1.54, 1.807) is 0 Å². The second kappa shape index (κ2) is 5.03. The average Bonchev–Trinajstić information content (AvgIpc) is 2.74. The highest BCUT2D eigenvalue weighted by Gasteiger charge is 2.06. The fourth-order valence-corrected chi connectivity index (χ4v) is 1.81. The quantitative estimate of drug-likeness (QED) is 0.722. The third kappa shape index (κ3) is 2.19. The molecule has 3 N–H and O–H groups in total. The van der Waals surface area contributed by atoms with Crippen LogP contribution in [0.1, 0.15) is 13.3 Å². The summed E-state index contributed by atoms with van der Waals surface area (Å²) in [6.07, 6.45) is 2.97. The Kier molecular flexibility index (Phi) is 3.47. The number of hydrogen-bond acceptors (Lipinski definition) is 2. The summed E-state index contributed by atoms with van der Waals surface area (Å²) < 4.78 is 0. The van der Waals surface area contributed by atoms with Crippen molar-refractivity contribution in [3.8, 4) is 0 Å². The largest absolute Gasteiger partial charge is 0.396 e. The van der Waals surface area contributed by atoms with Gasteiger partial charge in [-0.25, -0.2) is 0 Å². The maximum atomic E-state index is 9.12. The molecule has 0 amide bonds. The first kappa shape index (κ1) is 11.0. The van der Waals surface area contributed by atoms with Crippen LogP contribution in [0, 0.1) is 5.92 Å². The molecule has 0 bridgehead atoms. The minimum Gasteiger partial charge on any atom is -0.396 e. The van der Waals surface area contributed by atoms with Crippen LogP contribution in [0.25, 0.3) is 10.9 Å². The molecule has 1 unspecified atom stereocenters. The highest BCUT2D eigenvalue weighted by molar-refractivity contribution is 5.92. The number of nitrogens with one attached hydrogen (secondary N) is 2. The van der Waals surface area contributed by atoms with Crippen molar-refractivity contribution >= 4 is 16.6 Å². The van der Waals surface area contributed by atoms with Gasteiger partial charge in [-0.1, -0.05) is 25.1 Å². The van der Waals surface area contributed by atoms with Gasteiger partial charge in [0.2, 0.25) is 0 Å². The van der Waals surface area contributed by atoms with Crippen molar-refractivity contribution in [2.24, 2.45) is 5.92 Å². The lowest BCUT2D eigenvalue weighted by molar-refractivity contribution is 0.230. The molecule has 0 aliphatic heterocycles. The monoisotopic (exact) mass is 218 g/mol. The number of aromatic amines is 1. The number of aromatic nitrogens is 1. The van der Waals surface area contributed by atoms with Crippen molar-refractivity contribution in [2.45, 2.75) is 13.3 Å². The van der Waals surface area contributed by atoms with Gasteiger partial charge < -0.3 is 15.4 Å². The van der Waals surface area contributed by atoms with Crippen LogP contribution in [0.3, 0.4) is 0 Å². The van der Waals surface area contributed by atoms with Crippen LogP contribution in [0.15, 0.2) is 30.5 Å². The molecule has 0 aliphatic rings. The molecule has 0 saturated carbocycles. The molecule has 1 aromatic carbocycles. The number of anilines is 1. The molecule has 1 atom stereocenters. The number of H-pyrrole nitrogens is 1. The molecule has 3 heteroatoms. The van der Waals surface area contributed by atoms with Crippen LogP contribution in [-0.2, 0) is 0 Å². The molecule has 1 heterocycles. The van der Waals surface area contributed by atoms with E-state index in [-0.39, 0.29) is 6.61 Å². The SMILES string of the molecule is CCC(CO)CNc1c[nH]c2ccccc12. The van der Waals surface area contributed by atoms with Gasteiger partial charge in [0.1, 0.15) is 0 Å². The lowest BCUT2D eigenvalue weighted by Gasteiger charge is -2.12. The topological polar surface area (TPSA) is 48.0 Å². The molecule has 16 heavy (non-hydrogen) atoms. The van der Waals surface area contributed by atoms with E-state index in [0.29, 0.717) is 5.92 Å². The third-order valence-corrected chi connectivity index (χ3v) is 3.01. The van der Waals surface area contributed by atoms with Gasteiger partial charge in [0.25, 0.3) is 0 Å². The normalized spacial score (nSPS) is 12.9. The summed E-state index contributed by atoms with van der Waals surface area (Å²) in [5, 5.41) is 13.7. The van der Waals surface area contributed by atoms with Crippen molar-refractivity contribution in [1.29, 1.82) is 0 Å². The van der Waals surface area contributed by atoms with Crippen LogP contribution in [-0.4, -0.2) is 23.2 Å². The fraction of sp³-hybridized carbons (Fsp3) is 0.385. The maximum absolute atomic E-state index is 9.12. The molecule has 2 aromatic rings. The first-order valence-electron chi connectivity index (χ1n) is 5.76. The Labute approximate surface area is 95.5 Å². The maximum Gasteiger partial charge on any atom is 0.0598 e. The molecular formula is C13H18N2O. The average molecular weight is 218 g/mol. The second-order valence-electron chi connectivity index (χ2n) is 4.09. The molecule has 0 fully saturated rings. The molecular weight excluding hydrogens is 200 g/mol. The first-order chi connectivity index (χ1) is 7.85. The number of aliphatic hydroxyl groups is 1. The zero-order valence-electron chi connectivity index (χ0n) is 9.53. The van der Waals surface area contributed by atoms with Crippen LogP contribution < -0.4 is 5.32 Å². The van der Waals surface area contributed by atoms with Crippen LogP contribution in [0.4, 0.5) is 5.69 Å². The molecule has 0 aliphatic carbocycles. The first-order valence-corrected chi connectivity index (χ1v) is 5.76. The van der Waals surface area contributed by atoms with Crippen molar-refractivity contribution in [3.05, 3.63) is 30.5 Å². The van der Waals surface area contributed by atoms with Gasteiger partial charge >= 0.3 is 0 Å².